The van der Waals surface area contributed by atoms with Crippen LogP contribution >= 0.6 is 38.6 Å². The van der Waals surface area contributed by atoms with Gasteiger partial charge in [-0.1, -0.05) is 0 Å². The summed E-state index contributed by atoms with van der Waals surface area (Å²) >= 11 is 6.70. The van der Waals surface area contributed by atoms with Crippen LogP contribution in [0.3, 0.4) is 0 Å². The number of carbonyl (C=O) groups is 1. The van der Waals surface area contributed by atoms with Gasteiger partial charge in [-0.25, -0.2) is 0 Å². The van der Waals surface area contributed by atoms with Crippen LogP contribution in [0.4, 0.5) is 0 Å². The highest BCUT2D eigenvalue weighted by atomic mass is 79.9. The van der Waals surface area contributed by atoms with Gasteiger partial charge in [0.05, 0.1) is 15.9 Å². The molecule has 2 aromatic heterocycles. The lowest BCUT2D eigenvalue weighted by Crippen LogP contribution is -2.22. The van der Waals surface area contributed by atoms with Gasteiger partial charge in [0.1, 0.15) is 0 Å². The van der Waals surface area contributed by atoms with E-state index >= 15 is 0 Å². The average molecular weight is 330 g/mol. The van der Waals surface area contributed by atoms with Gasteiger partial charge in [-0.2, -0.15) is 0 Å². The molecule has 5 heteroatoms. The van der Waals surface area contributed by atoms with Crippen molar-refractivity contribution in [2.45, 2.75) is 20.4 Å². The van der Waals surface area contributed by atoms with Crippen LogP contribution in [0.2, 0.25) is 0 Å². The first kappa shape index (κ1) is 12.8. The Morgan fingerprint density at radius 3 is 2.65 bits per heavy atom. The molecule has 1 amide bonds. The van der Waals surface area contributed by atoms with E-state index in [4.69, 9.17) is 0 Å². The first-order chi connectivity index (χ1) is 8.06. The fraction of sp³-hybridized carbons (Fsp3) is 0.250. The van der Waals surface area contributed by atoms with Crippen molar-refractivity contribution in [2.75, 3.05) is 0 Å². The van der Waals surface area contributed by atoms with Gasteiger partial charge in [0.15, 0.2) is 0 Å². The summed E-state index contributed by atoms with van der Waals surface area (Å²) in [6.07, 6.45) is 0. The fourth-order valence-electron chi connectivity index (χ4n) is 1.57. The number of nitrogens with one attached hydrogen (secondary N) is 1. The molecule has 2 aromatic rings. The van der Waals surface area contributed by atoms with E-state index in [0.29, 0.717) is 6.54 Å². The maximum absolute atomic E-state index is 11.9. The van der Waals surface area contributed by atoms with E-state index in [9.17, 15) is 4.79 Å². The molecular weight excluding hydrogens is 318 g/mol. The van der Waals surface area contributed by atoms with Crippen LogP contribution in [0.1, 0.15) is 25.0 Å². The zero-order chi connectivity index (χ0) is 12.4. The second-order valence-electron chi connectivity index (χ2n) is 3.72. The molecule has 0 atom stereocenters. The number of hydrogen-bond acceptors (Lipinski definition) is 3. The Labute approximate surface area is 117 Å². The van der Waals surface area contributed by atoms with E-state index in [0.717, 1.165) is 19.1 Å². The van der Waals surface area contributed by atoms with Crippen molar-refractivity contribution in [1.82, 2.24) is 5.32 Å². The molecule has 1 N–H and O–H groups in total. The lowest BCUT2D eigenvalue weighted by Gasteiger charge is -2.02. The predicted octanol–water partition coefficient (Wildman–Crippen LogP) is 4.12. The molecule has 2 rings (SSSR count). The monoisotopic (exact) mass is 329 g/mol. The van der Waals surface area contributed by atoms with Gasteiger partial charge in [0.25, 0.3) is 5.91 Å². The van der Waals surface area contributed by atoms with E-state index in [-0.39, 0.29) is 5.91 Å². The Hall–Kier alpha value is -0.650. The minimum atomic E-state index is 0.0105. The second kappa shape index (κ2) is 5.33. The SMILES string of the molecule is Cc1cc(C(=O)NCc2ccc(Br)s2)c(C)s1. The molecule has 90 valence electrons. The van der Waals surface area contributed by atoms with Crippen molar-refractivity contribution in [2.24, 2.45) is 0 Å². The first-order valence-corrected chi connectivity index (χ1v) is 7.58. The van der Waals surface area contributed by atoms with Gasteiger partial charge < -0.3 is 5.32 Å². The van der Waals surface area contributed by atoms with Crippen LogP contribution < -0.4 is 5.32 Å². The quantitative estimate of drug-likeness (QED) is 0.901. The van der Waals surface area contributed by atoms with Crippen molar-refractivity contribution in [3.05, 3.63) is 42.2 Å². The molecule has 17 heavy (non-hydrogen) atoms. The molecule has 2 nitrogen and oxygen atoms in total. The molecule has 0 bridgehead atoms. The van der Waals surface area contributed by atoms with Crippen molar-refractivity contribution in [3.8, 4) is 0 Å². The van der Waals surface area contributed by atoms with Crippen LogP contribution in [-0.2, 0) is 6.54 Å². The Bertz CT molecular complexity index is 544. The third-order valence-corrected chi connectivity index (χ3v) is 4.93. The second-order valence-corrected chi connectivity index (χ2v) is 7.72. The van der Waals surface area contributed by atoms with Gasteiger partial charge in [-0.05, 0) is 48.0 Å². The fourth-order valence-corrected chi connectivity index (χ4v) is 3.91. The van der Waals surface area contributed by atoms with E-state index in [1.54, 1.807) is 22.7 Å². The minimum absolute atomic E-state index is 0.0105. The summed E-state index contributed by atoms with van der Waals surface area (Å²) in [6, 6.07) is 5.95. The number of carbonyl (C=O) groups excluding carboxylic acids is 1. The third-order valence-electron chi connectivity index (χ3n) is 2.34. The van der Waals surface area contributed by atoms with Gasteiger partial charge >= 0.3 is 0 Å². The van der Waals surface area contributed by atoms with E-state index in [1.807, 2.05) is 32.0 Å². The molecule has 0 unspecified atom stereocenters. The molecule has 0 fully saturated rings. The highest BCUT2D eigenvalue weighted by molar-refractivity contribution is 9.11. The third kappa shape index (κ3) is 3.18. The van der Waals surface area contributed by atoms with Gasteiger partial charge in [0, 0.05) is 14.6 Å². The summed E-state index contributed by atoms with van der Waals surface area (Å²) < 4.78 is 1.09. The van der Waals surface area contributed by atoms with Crippen molar-refractivity contribution < 1.29 is 4.79 Å². The molecule has 0 aliphatic rings. The van der Waals surface area contributed by atoms with Crippen LogP contribution in [0.15, 0.2) is 22.0 Å². The largest absolute Gasteiger partial charge is 0.347 e. The Kier molecular flexibility index (Phi) is 4.01. The highest BCUT2D eigenvalue weighted by Gasteiger charge is 2.11. The van der Waals surface area contributed by atoms with E-state index < -0.39 is 0 Å². The maximum atomic E-state index is 11.9. The Balaban J connectivity index is 2.00. The van der Waals surface area contributed by atoms with Gasteiger partial charge in [-0.3, -0.25) is 4.79 Å². The Morgan fingerprint density at radius 2 is 2.12 bits per heavy atom. The number of rotatable bonds is 3. The zero-order valence-corrected chi connectivity index (χ0v) is 12.8. The highest BCUT2D eigenvalue weighted by Crippen LogP contribution is 2.23. The van der Waals surface area contributed by atoms with Crippen LogP contribution in [0, 0.1) is 13.8 Å². The van der Waals surface area contributed by atoms with Crippen LogP contribution in [0.25, 0.3) is 0 Å². The normalized spacial score (nSPS) is 10.5. The number of aryl methyl sites for hydroxylation is 2. The smallest absolute Gasteiger partial charge is 0.252 e. The predicted molar refractivity (Wildman–Crippen MR) is 77.0 cm³/mol. The lowest BCUT2D eigenvalue weighted by atomic mass is 10.2. The summed E-state index contributed by atoms with van der Waals surface area (Å²) in [7, 11) is 0. The van der Waals surface area contributed by atoms with Crippen molar-refractivity contribution in [1.29, 1.82) is 0 Å². The summed E-state index contributed by atoms with van der Waals surface area (Å²) in [5.41, 5.74) is 0.795. The molecule has 0 aromatic carbocycles. The van der Waals surface area contributed by atoms with Crippen molar-refractivity contribution in [3.63, 3.8) is 0 Å². The standard InChI is InChI=1S/C12H12BrNOS2/c1-7-5-10(8(2)16-7)12(15)14-6-9-3-4-11(13)17-9/h3-5H,6H2,1-2H3,(H,14,15). The topological polar surface area (TPSA) is 29.1 Å². The minimum Gasteiger partial charge on any atom is -0.347 e. The van der Waals surface area contributed by atoms with Gasteiger partial charge in [-0.15, -0.1) is 22.7 Å². The molecule has 0 radical (unpaired) electrons. The lowest BCUT2D eigenvalue weighted by molar-refractivity contribution is 0.0951. The van der Waals surface area contributed by atoms with Crippen LogP contribution in [0.5, 0.6) is 0 Å². The number of thiophene rings is 2. The van der Waals surface area contributed by atoms with E-state index in [2.05, 4.69) is 21.2 Å². The maximum Gasteiger partial charge on any atom is 0.252 e. The number of halogens is 1. The molecule has 0 saturated carbocycles. The summed E-state index contributed by atoms with van der Waals surface area (Å²) in [4.78, 5) is 15.3. The zero-order valence-electron chi connectivity index (χ0n) is 9.54. The molecule has 2 heterocycles. The number of hydrogen-bond donors (Lipinski definition) is 1. The summed E-state index contributed by atoms with van der Waals surface area (Å²) in [6.45, 7) is 4.59. The molecular formula is C12H12BrNOS2. The first-order valence-electron chi connectivity index (χ1n) is 5.15. The van der Waals surface area contributed by atoms with Gasteiger partial charge in [0.2, 0.25) is 0 Å². The number of amides is 1. The molecule has 0 aliphatic heterocycles. The van der Waals surface area contributed by atoms with E-state index in [1.165, 1.54) is 4.88 Å². The molecule has 0 aliphatic carbocycles. The molecule has 0 spiro atoms. The van der Waals surface area contributed by atoms with Crippen molar-refractivity contribution >= 4 is 44.5 Å². The summed E-state index contributed by atoms with van der Waals surface area (Å²) in [5.74, 6) is 0.0105. The molecule has 0 saturated heterocycles. The Morgan fingerprint density at radius 1 is 1.35 bits per heavy atom. The average Bonchev–Trinajstić information content (AvgIpc) is 2.81. The van der Waals surface area contributed by atoms with Crippen LogP contribution in [-0.4, -0.2) is 5.91 Å². The summed E-state index contributed by atoms with van der Waals surface area (Å²) in [5, 5.41) is 2.94.